The number of hydrogen-bond donors (Lipinski definition) is 1. The summed E-state index contributed by atoms with van der Waals surface area (Å²) in [7, 11) is 0. The number of benzene rings is 2. The summed E-state index contributed by atoms with van der Waals surface area (Å²) in [5, 5.41) is 2.74. The third kappa shape index (κ3) is 3.29. The van der Waals surface area contributed by atoms with E-state index in [-0.39, 0.29) is 12.5 Å². The molecular formula is C16H14Cl2N2O2. The van der Waals surface area contributed by atoms with E-state index in [1.807, 2.05) is 23.2 Å². The molecule has 6 heteroatoms. The summed E-state index contributed by atoms with van der Waals surface area (Å²) < 4.78 is 5.42. The van der Waals surface area contributed by atoms with Crippen LogP contribution in [-0.2, 0) is 11.2 Å². The van der Waals surface area contributed by atoms with E-state index < -0.39 is 0 Å². The monoisotopic (exact) mass is 336 g/mol. The van der Waals surface area contributed by atoms with E-state index in [0.717, 1.165) is 18.7 Å². The molecule has 0 spiro atoms. The van der Waals surface area contributed by atoms with Crippen molar-refractivity contribution in [3.63, 3.8) is 0 Å². The maximum atomic E-state index is 12.0. The van der Waals surface area contributed by atoms with Gasteiger partial charge in [-0.15, -0.1) is 0 Å². The van der Waals surface area contributed by atoms with Crippen LogP contribution >= 0.6 is 23.2 Å². The molecule has 0 bridgehead atoms. The minimum absolute atomic E-state index is 0.111. The molecular weight excluding hydrogens is 323 g/mol. The number of hydrazine groups is 1. The van der Waals surface area contributed by atoms with E-state index in [1.54, 1.807) is 18.2 Å². The highest BCUT2D eigenvalue weighted by Crippen LogP contribution is 2.28. The molecule has 0 saturated heterocycles. The zero-order valence-corrected chi connectivity index (χ0v) is 13.2. The lowest BCUT2D eigenvalue weighted by atomic mass is 10.2. The molecule has 2 aromatic rings. The van der Waals surface area contributed by atoms with E-state index in [2.05, 4.69) is 11.5 Å². The van der Waals surface area contributed by atoms with Gasteiger partial charge in [0, 0.05) is 11.6 Å². The van der Waals surface area contributed by atoms with E-state index >= 15 is 0 Å². The zero-order valence-electron chi connectivity index (χ0n) is 11.7. The lowest BCUT2D eigenvalue weighted by molar-refractivity contribution is -0.123. The Morgan fingerprint density at radius 1 is 1.23 bits per heavy atom. The van der Waals surface area contributed by atoms with Gasteiger partial charge in [-0.1, -0.05) is 41.4 Å². The van der Waals surface area contributed by atoms with E-state index in [0.29, 0.717) is 15.8 Å². The van der Waals surface area contributed by atoms with Gasteiger partial charge in [0.05, 0.1) is 10.7 Å². The standard InChI is InChI=1S/C16H14Cl2N2O2/c17-12-5-6-15(13(18)9-12)22-10-16(21)19-20-8-7-11-3-1-2-4-14(11)20/h1-6,9H,7-8,10H2,(H,19,21). The van der Waals surface area contributed by atoms with Crippen LogP contribution in [0.15, 0.2) is 42.5 Å². The van der Waals surface area contributed by atoms with Crippen molar-refractivity contribution in [1.29, 1.82) is 0 Å². The van der Waals surface area contributed by atoms with Crippen molar-refractivity contribution >= 4 is 34.8 Å². The van der Waals surface area contributed by atoms with Crippen molar-refractivity contribution in [3.8, 4) is 5.75 Å². The van der Waals surface area contributed by atoms with E-state index in [9.17, 15) is 4.79 Å². The Kier molecular flexibility index (Phi) is 4.41. The van der Waals surface area contributed by atoms with Gasteiger partial charge in [0.25, 0.3) is 5.91 Å². The summed E-state index contributed by atoms with van der Waals surface area (Å²) in [5.41, 5.74) is 5.09. The van der Waals surface area contributed by atoms with Crippen LogP contribution in [0.4, 0.5) is 5.69 Å². The Morgan fingerprint density at radius 3 is 2.86 bits per heavy atom. The molecule has 0 aromatic heterocycles. The molecule has 4 nitrogen and oxygen atoms in total. The number of carbonyl (C=O) groups excluding carboxylic acids is 1. The van der Waals surface area contributed by atoms with Crippen molar-refractivity contribution in [2.45, 2.75) is 6.42 Å². The third-order valence-corrected chi connectivity index (χ3v) is 3.93. The first-order valence-corrected chi connectivity index (χ1v) is 7.62. The average Bonchev–Trinajstić information content (AvgIpc) is 2.90. The number of nitrogens with one attached hydrogen (secondary N) is 1. The molecule has 22 heavy (non-hydrogen) atoms. The van der Waals surface area contributed by atoms with Crippen molar-refractivity contribution in [2.75, 3.05) is 18.2 Å². The predicted octanol–water partition coefficient (Wildman–Crippen LogP) is 3.47. The maximum Gasteiger partial charge on any atom is 0.276 e. The molecule has 114 valence electrons. The Balaban J connectivity index is 1.57. The van der Waals surface area contributed by atoms with Crippen LogP contribution in [0, 0.1) is 0 Å². The largest absolute Gasteiger partial charge is 0.482 e. The number of anilines is 1. The van der Waals surface area contributed by atoms with Crippen molar-refractivity contribution in [3.05, 3.63) is 58.1 Å². The minimum atomic E-state index is -0.234. The number of ether oxygens (including phenoxy) is 1. The third-order valence-electron chi connectivity index (χ3n) is 3.40. The number of para-hydroxylation sites is 1. The second kappa shape index (κ2) is 6.46. The number of rotatable bonds is 4. The molecule has 2 aromatic carbocycles. The fraction of sp³-hybridized carbons (Fsp3) is 0.188. The number of nitrogens with zero attached hydrogens (tertiary/aromatic N) is 1. The maximum absolute atomic E-state index is 12.0. The van der Waals surface area contributed by atoms with Crippen LogP contribution < -0.4 is 15.2 Å². The Bertz CT molecular complexity index is 706. The summed E-state index contributed by atoms with van der Waals surface area (Å²) in [6, 6.07) is 12.9. The molecule has 0 fully saturated rings. The highest BCUT2D eigenvalue weighted by atomic mass is 35.5. The van der Waals surface area contributed by atoms with Crippen LogP contribution in [0.3, 0.4) is 0 Å². The molecule has 1 amide bonds. The lowest BCUT2D eigenvalue weighted by Crippen LogP contribution is -2.43. The molecule has 1 aliphatic heterocycles. The lowest BCUT2D eigenvalue weighted by Gasteiger charge is -2.20. The highest BCUT2D eigenvalue weighted by Gasteiger charge is 2.20. The number of amides is 1. The second-order valence-electron chi connectivity index (χ2n) is 4.93. The van der Waals surface area contributed by atoms with Gasteiger partial charge in [-0.25, -0.2) is 0 Å². The molecule has 0 unspecified atom stereocenters. The molecule has 1 N–H and O–H groups in total. The van der Waals surface area contributed by atoms with Crippen LogP contribution in [0.5, 0.6) is 5.75 Å². The topological polar surface area (TPSA) is 41.6 Å². The first kappa shape index (κ1) is 15.0. The van der Waals surface area contributed by atoms with E-state index in [1.165, 1.54) is 5.56 Å². The fourth-order valence-electron chi connectivity index (χ4n) is 2.37. The second-order valence-corrected chi connectivity index (χ2v) is 5.77. The Hall–Kier alpha value is -1.91. The molecule has 0 aliphatic carbocycles. The quantitative estimate of drug-likeness (QED) is 0.929. The number of fused-ring (bicyclic) bond motifs is 1. The molecule has 1 heterocycles. The van der Waals surface area contributed by atoms with Crippen LogP contribution in [0.1, 0.15) is 5.56 Å². The van der Waals surface area contributed by atoms with Gasteiger partial charge in [-0.3, -0.25) is 15.2 Å². The van der Waals surface area contributed by atoms with Gasteiger partial charge in [-0.05, 0) is 36.2 Å². The van der Waals surface area contributed by atoms with Crippen molar-refractivity contribution < 1.29 is 9.53 Å². The first-order valence-electron chi connectivity index (χ1n) is 6.86. The first-order chi connectivity index (χ1) is 10.6. The van der Waals surface area contributed by atoms with Gasteiger partial charge in [-0.2, -0.15) is 0 Å². The fourth-order valence-corrected chi connectivity index (χ4v) is 2.84. The number of carbonyl (C=O) groups is 1. The molecule has 3 rings (SSSR count). The van der Waals surface area contributed by atoms with Crippen molar-refractivity contribution in [2.24, 2.45) is 0 Å². The normalized spacial score (nSPS) is 12.9. The summed E-state index contributed by atoms with van der Waals surface area (Å²) in [4.78, 5) is 12.0. The molecule has 0 radical (unpaired) electrons. The minimum Gasteiger partial charge on any atom is -0.482 e. The zero-order chi connectivity index (χ0) is 15.5. The highest BCUT2D eigenvalue weighted by molar-refractivity contribution is 6.35. The van der Waals surface area contributed by atoms with E-state index in [4.69, 9.17) is 27.9 Å². The van der Waals surface area contributed by atoms with Gasteiger partial charge >= 0.3 is 0 Å². The average molecular weight is 337 g/mol. The smallest absolute Gasteiger partial charge is 0.276 e. The number of hydrogen-bond acceptors (Lipinski definition) is 3. The predicted molar refractivity (Wildman–Crippen MR) is 87.6 cm³/mol. The summed E-state index contributed by atoms with van der Waals surface area (Å²) in [5.74, 6) is 0.200. The van der Waals surface area contributed by atoms with Crippen LogP contribution in [0.2, 0.25) is 10.0 Å². The summed E-state index contributed by atoms with van der Waals surface area (Å²) >= 11 is 11.8. The van der Waals surface area contributed by atoms with Crippen molar-refractivity contribution in [1.82, 2.24) is 5.43 Å². The van der Waals surface area contributed by atoms with Gasteiger partial charge in [0.2, 0.25) is 0 Å². The molecule has 1 aliphatic rings. The van der Waals surface area contributed by atoms with Gasteiger partial charge in [0.1, 0.15) is 5.75 Å². The Morgan fingerprint density at radius 2 is 2.05 bits per heavy atom. The van der Waals surface area contributed by atoms with Gasteiger partial charge in [0.15, 0.2) is 6.61 Å². The Labute approximate surface area is 138 Å². The van der Waals surface area contributed by atoms with Crippen LogP contribution in [0.25, 0.3) is 0 Å². The molecule has 0 saturated carbocycles. The van der Waals surface area contributed by atoms with Gasteiger partial charge < -0.3 is 4.74 Å². The summed E-state index contributed by atoms with van der Waals surface area (Å²) in [6.07, 6.45) is 0.917. The SMILES string of the molecule is O=C(COc1ccc(Cl)cc1Cl)NN1CCc2ccccc21. The van der Waals surface area contributed by atoms with Crippen LogP contribution in [-0.4, -0.2) is 19.1 Å². The molecule has 0 atom stereocenters. The summed E-state index contributed by atoms with van der Waals surface area (Å²) in [6.45, 7) is 0.646. The number of halogens is 2.